The van der Waals surface area contributed by atoms with E-state index in [1.165, 1.54) is 11.5 Å². The fraction of sp³-hybridized carbons (Fsp3) is 0.357. The van der Waals surface area contributed by atoms with Gasteiger partial charge in [0.05, 0.1) is 5.69 Å². The molecule has 0 aliphatic rings. The standard InChI is InChI=1S/C14H16BrN3OS/c1-3-4-12-13(20-17-16-12)14(19)18(2)9-10-5-7-11(15)8-6-10/h5-8H,3-4,9H2,1-2H3. The topological polar surface area (TPSA) is 46.1 Å². The van der Waals surface area contributed by atoms with Gasteiger partial charge in [-0.25, -0.2) is 0 Å². The summed E-state index contributed by atoms with van der Waals surface area (Å²) in [6.07, 6.45) is 1.76. The summed E-state index contributed by atoms with van der Waals surface area (Å²) in [4.78, 5) is 14.8. The van der Waals surface area contributed by atoms with Crippen LogP contribution in [-0.2, 0) is 13.0 Å². The molecule has 0 bridgehead atoms. The number of halogens is 1. The molecule has 4 nitrogen and oxygen atoms in total. The van der Waals surface area contributed by atoms with E-state index in [-0.39, 0.29) is 5.91 Å². The Hall–Kier alpha value is -1.27. The lowest BCUT2D eigenvalue weighted by atomic mass is 10.2. The van der Waals surface area contributed by atoms with Crippen molar-refractivity contribution < 1.29 is 4.79 Å². The Balaban J connectivity index is 2.08. The molecule has 6 heteroatoms. The number of benzene rings is 1. The lowest BCUT2D eigenvalue weighted by Crippen LogP contribution is -2.26. The largest absolute Gasteiger partial charge is 0.337 e. The molecule has 0 atom stereocenters. The average Bonchev–Trinajstić information content (AvgIpc) is 2.89. The third-order valence-electron chi connectivity index (χ3n) is 2.92. The van der Waals surface area contributed by atoms with Crippen molar-refractivity contribution in [1.29, 1.82) is 0 Å². The minimum absolute atomic E-state index is 0.00799. The number of aryl methyl sites for hydroxylation is 1. The fourth-order valence-corrected chi connectivity index (χ4v) is 2.85. The molecule has 1 heterocycles. The molecule has 1 aromatic carbocycles. The number of hydrogen-bond acceptors (Lipinski definition) is 4. The summed E-state index contributed by atoms with van der Waals surface area (Å²) < 4.78 is 4.94. The molecule has 106 valence electrons. The molecule has 0 unspecified atom stereocenters. The fourth-order valence-electron chi connectivity index (χ4n) is 1.88. The monoisotopic (exact) mass is 353 g/mol. The Morgan fingerprint density at radius 1 is 1.35 bits per heavy atom. The van der Waals surface area contributed by atoms with E-state index < -0.39 is 0 Å². The van der Waals surface area contributed by atoms with Gasteiger partial charge in [0.15, 0.2) is 0 Å². The predicted octanol–water partition coefficient (Wildman–Crippen LogP) is 3.53. The zero-order valence-electron chi connectivity index (χ0n) is 11.5. The minimum Gasteiger partial charge on any atom is -0.337 e. The number of rotatable bonds is 5. The van der Waals surface area contributed by atoms with Gasteiger partial charge in [0.25, 0.3) is 5.91 Å². The first-order chi connectivity index (χ1) is 9.61. The number of carbonyl (C=O) groups excluding carboxylic acids is 1. The summed E-state index contributed by atoms with van der Waals surface area (Å²) in [5.41, 5.74) is 1.91. The molecule has 0 N–H and O–H groups in total. The first-order valence-electron chi connectivity index (χ1n) is 6.43. The third kappa shape index (κ3) is 3.64. The molecule has 1 aromatic heterocycles. The summed E-state index contributed by atoms with van der Waals surface area (Å²) in [6, 6.07) is 7.96. The van der Waals surface area contributed by atoms with E-state index in [9.17, 15) is 4.79 Å². The summed E-state index contributed by atoms with van der Waals surface area (Å²) in [5.74, 6) is -0.00799. The van der Waals surface area contributed by atoms with E-state index >= 15 is 0 Å². The maximum absolute atomic E-state index is 12.4. The molecule has 20 heavy (non-hydrogen) atoms. The molecule has 1 amide bonds. The van der Waals surface area contributed by atoms with Crippen LogP contribution in [0, 0.1) is 0 Å². The quantitative estimate of drug-likeness (QED) is 0.825. The molecule has 0 spiro atoms. The molecule has 0 radical (unpaired) electrons. The Bertz CT molecular complexity index is 582. The van der Waals surface area contributed by atoms with E-state index in [2.05, 4.69) is 32.4 Å². The normalized spacial score (nSPS) is 10.6. The van der Waals surface area contributed by atoms with Crippen molar-refractivity contribution in [3.8, 4) is 0 Å². The molecule has 0 saturated carbocycles. The highest BCUT2D eigenvalue weighted by atomic mass is 79.9. The van der Waals surface area contributed by atoms with Crippen molar-refractivity contribution in [2.24, 2.45) is 0 Å². The van der Waals surface area contributed by atoms with Gasteiger partial charge in [-0.3, -0.25) is 4.79 Å². The van der Waals surface area contributed by atoms with E-state index in [1.807, 2.05) is 24.3 Å². The number of carbonyl (C=O) groups is 1. The zero-order chi connectivity index (χ0) is 14.5. The predicted molar refractivity (Wildman–Crippen MR) is 83.8 cm³/mol. The van der Waals surface area contributed by atoms with Crippen LogP contribution in [0.15, 0.2) is 28.7 Å². The van der Waals surface area contributed by atoms with E-state index in [0.717, 1.165) is 28.6 Å². The first kappa shape index (κ1) is 15.1. The number of nitrogens with zero attached hydrogens (tertiary/aromatic N) is 3. The summed E-state index contributed by atoms with van der Waals surface area (Å²) in [5, 5.41) is 4.04. The van der Waals surface area contributed by atoms with Crippen LogP contribution < -0.4 is 0 Å². The Morgan fingerprint density at radius 2 is 2.05 bits per heavy atom. The summed E-state index contributed by atoms with van der Waals surface area (Å²) in [6.45, 7) is 2.65. The van der Waals surface area contributed by atoms with Gasteiger partial charge in [-0.1, -0.05) is 45.9 Å². The van der Waals surface area contributed by atoms with Gasteiger partial charge < -0.3 is 4.90 Å². The molecule has 2 rings (SSSR count). The van der Waals surface area contributed by atoms with Crippen molar-refractivity contribution in [2.45, 2.75) is 26.3 Å². The second kappa shape index (κ2) is 6.95. The molecular formula is C14H16BrN3OS. The maximum atomic E-state index is 12.4. The van der Waals surface area contributed by atoms with Gasteiger partial charge in [0.2, 0.25) is 0 Å². The van der Waals surface area contributed by atoms with Gasteiger partial charge in [0.1, 0.15) is 4.88 Å². The summed E-state index contributed by atoms with van der Waals surface area (Å²) in [7, 11) is 1.81. The second-order valence-corrected chi connectivity index (χ2v) is 6.26. The molecular weight excluding hydrogens is 338 g/mol. The Morgan fingerprint density at radius 3 is 2.70 bits per heavy atom. The first-order valence-corrected chi connectivity index (χ1v) is 7.99. The van der Waals surface area contributed by atoms with Crippen LogP contribution in [-0.4, -0.2) is 27.4 Å². The SMILES string of the molecule is CCCc1nnsc1C(=O)N(C)Cc1ccc(Br)cc1. The van der Waals surface area contributed by atoms with Crippen molar-refractivity contribution in [3.05, 3.63) is 44.9 Å². The second-order valence-electron chi connectivity index (χ2n) is 4.59. The van der Waals surface area contributed by atoms with Crippen LogP contribution in [0.25, 0.3) is 0 Å². The lowest BCUT2D eigenvalue weighted by molar-refractivity contribution is 0.0788. The van der Waals surface area contributed by atoms with Gasteiger partial charge >= 0.3 is 0 Å². The zero-order valence-corrected chi connectivity index (χ0v) is 13.9. The van der Waals surface area contributed by atoms with Gasteiger partial charge in [-0.05, 0) is 35.6 Å². The van der Waals surface area contributed by atoms with Crippen molar-refractivity contribution in [2.75, 3.05) is 7.05 Å². The highest BCUT2D eigenvalue weighted by molar-refractivity contribution is 9.10. The van der Waals surface area contributed by atoms with Crippen LogP contribution in [0.1, 0.15) is 34.3 Å². The molecule has 0 aliphatic carbocycles. The highest BCUT2D eigenvalue weighted by Gasteiger charge is 2.19. The van der Waals surface area contributed by atoms with Crippen LogP contribution in [0.2, 0.25) is 0 Å². The number of aromatic nitrogens is 2. The average molecular weight is 354 g/mol. The van der Waals surface area contributed by atoms with Crippen molar-refractivity contribution >= 4 is 33.4 Å². The highest BCUT2D eigenvalue weighted by Crippen LogP contribution is 2.17. The Kier molecular flexibility index (Phi) is 5.25. The van der Waals surface area contributed by atoms with E-state index in [1.54, 1.807) is 11.9 Å². The molecule has 0 fully saturated rings. The van der Waals surface area contributed by atoms with E-state index in [0.29, 0.717) is 11.4 Å². The van der Waals surface area contributed by atoms with E-state index in [4.69, 9.17) is 0 Å². The van der Waals surface area contributed by atoms with Crippen LogP contribution in [0.4, 0.5) is 0 Å². The van der Waals surface area contributed by atoms with Gasteiger partial charge in [-0.2, -0.15) is 0 Å². The van der Waals surface area contributed by atoms with Gasteiger partial charge in [0, 0.05) is 18.1 Å². The van der Waals surface area contributed by atoms with Crippen LogP contribution >= 0.6 is 27.5 Å². The van der Waals surface area contributed by atoms with Crippen molar-refractivity contribution in [3.63, 3.8) is 0 Å². The smallest absolute Gasteiger partial charge is 0.267 e. The number of amides is 1. The van der Waals surface area contributed by atoms with Crippen LogP contribution in [0.3, 0.4) is 0 Å². The lowest BCUT2D eigenvalue weighted by Gasteiger charge is -2.16. The minimum atomic E-state index is -0.00799. The third-order valence-corrected chi connectivity index (χ3v) is 4.20. The maximum Gasteiger partial charge on any atom is 0.267 e. The Labute approximate surface area is 131 Å². The number of hydrogen-bond donors (Lipinski definition) is 0. The van der Waals surface area contributed by atoms with Gasteiger partial charge in [-0.15, -0.1) is 5.10 Å². The van der Waals surface area contributed by atoms with Crippen molar-refractivity contribution in [1.82, 2.24) is 14.5 Å². The molecule has 0 saturated heterocycles. The molecule has 0 aliphatic heterocycles. The van der Waals surface area contributed by atoms with Crippen LogP contribution in [0.5, 0.6) is 0 Å². The molecule has 2 aromatic rings. The summed E-state index contributed by atoms with van der Waals surface area (Å²) >= 11 is 4.58.